The van der Waals surface area contributed by atoms with Crippen molar-refractivity contribution in [3.8, 4) is 18.2 Å². The van der Waals surface area contributed by atoms with Crippen LogP contribution in [-0.4, -0.2) is 14.2 Å². The van der Waals surface area contributed by atoms with E-state index in [-0.39, 0.29) is 15.9 Å². The molecular weight excluding hydrogens is 382 g/mol. The van der Waals surface area contributed by atoms with Crippen LogP contribution in [0.25, 0.3) is 0 Å². The summed E-state index contributed by atoms with van der Waals surface area (Å²) in [6.07, 6.45) is 0. The Morgan fingerprint density at radius 1 is 1.18 bits per heavy atom. The zero-order valence-electron chi connectivity index (χ0n) is 10.5. The number of nitriles is 3. The lowest BCUT2D eigenvalue weighted by molar-refractivity contribution is 0.234. The largest absolute Gasteiger partial charge is 0.344 e. The van der Waals surface area contributed by atoms with Crippen LogP contribution < -0.4 is 5.32 Å². The van der Waals surface area contributed by atoms with Gasteiger partial charge in [-0.1, -0.05) is 0 Å². The molecule has 22 heavy (non-hydrogen) atoms. The highest BCUT2D eigenvalue weighted by Crippen LogP contribution is 2.29. The van der Waals surface area contributed by atoms with Gasteiger partial charge >= 0.3 is 5.76 Å². The van der Waals surface area contributed by atoms with E-state index in [4.69, 9.17) is 15.8 Å². The van der Waals surface area contributed by atoms with Crippen LogP contribution in [0.15, 0.2) is 38.8 Å². The molecule has 0 saturated heterocycles. The monoisotopic (exact) mass is 386 g/mol. The zero-order chi connectivity index (χ0) is 16.9. The number of nitrogens with zero attached hydrogens (tertiary/aromatic N) is 3. The van der Waals surface area contributed by atoms with Crippen molar-refractivity contribution in [2.75, 3.05) is 5.32 Å². The van der Waals surface area contributed by atoms with Crippen LogP contribution in [0, 0.1) is 34.0 Å². The average Bonchev–Trinajstić information content (AvgIpc) is 2.48. The van der Waals surface area contributed by atoms with Crippen molar-refractivity contribution in [3.63, 3.8) is 0 Å². The molecule has 0 spiro atoms. The smallest absolute Gasteiger partial charge is 0.341 e. The van der Waals surface area contributed by atoms with Gasteiger partial charge in [0.2, 0.25) is 9.84 Å². The fraction of sp³-hybridized carbons (Fsp3) is 0.0833. The summed E-state index contributed by atoms with van der Waals surface area (Å²) in [4.78, 5) is -0.608. The molecule has 0 radical (unpaired) electrons. The van der Waals surface area contributed by atoms with E-state index in [0.717, 1.165) is 18.2 Å². The van der Waals surface area contributed by atoms with Crippen LogP contribution in [0.2, 0.25) is 0 Å². The molecule has 1 aromatic rings. The Balaban J connectivity index is 3.29. The minimum absolute atomic E-state index is 0.0669. The number of rotatable bonds is 4. The molecule has 10 heteroatoms. The molecule has 0 saturated carbocycles. The molecule has 0 aliphatic carbocycles. The SMILES string of the molecule is N#CC(C#N)=C(C#N)Nc1ccc(S(=O)(=O)C(F)F)cc1Br. The third-order valence-corrected chi connectivity index (χ3v) is 4.38. The van der Waals surface area contributed by atoms with Crippen molar-refractivity contribution in [2.45, 2.75) is 10.7 Å². The fourth-order valence-corrected chi connectivity index (χ4v) is 2.67. The highest BCUT2D eigenvalue weighted by Gasteiger charge is 2.27. The number of hydrogen-bond donors (Lipinski definition) is 1. The van der Waals surface area contributed by atoms with Crippen LogP contribution in [-0.2, 0) is 9.84 Å². The lowest BCUT2D eigenvalue weighted by atomic mass is 10.2. The van der Waals surface area contributed by atoms with Gasteiger partial charge in [0.05, 0.1) is 10.6 Å². The van der Waals surface area contributed by atoms with E-state index >= 15 is 0 Å². The summed E-state index contributed by atoms with van der Waals surface area (Å²) < 4.78 is 47.6. The fourth-order valence-electron chi connectivity index (χ4n) is 1.29. The van der Waals surface area contributed by atoms with Gasteiger partial charge in [-0.2, -0.15) is 24.6 Å². The van der Waals surface area contributed by atoms with Gasteiger partial charge in [0, 0.05) is 4.47 Å². The van der Waals surface area contributed by atoms with Crippen molar-refractivity contribution in [3.05, 3.63) is 33.9 Å². The first-order chi connectivity index (χ1) is 10.3. The first-order valence-electron chi connectivity index (χ1n) is 5.31. The van der Waals surface area contributed by atoms with E-state index < -0.39 is 26.1 Å². The molecule has 1 N–H and O–H groups in total. The minimum atomic E-state index is -4.75. The number of halogens is 3. The van der Waals surface area contributed by atoms with Crippen molar-refractivity contribution >= 4 is 31.5 Å². The van der Waals surface area contributed by atoms with E-state index in [9.17, 15) is 17.2 Å². The van der Waals surface area contributed by atoms with Gasteiger partial charge in [0.1, 0.15) is 23.9 Å². The van der Waals surface area contributed by atoms with Crippen LogP contribution >= 0.6 is 15.9 Å². The highest BCUT2D eigenvalue weighted by atomic mass is 79.9. The number of sulfone groups is 1. The van der Waals surface area contributed by atoms with E-state index in [1.54, 1.807) is 6.07 Å². The van der Waals surface area contributed by atoms with Gasteiger partial charge in [-0.15, -0.1) is 0 Å². The summed E-state index contributed by atoms with van der Waals surface area (Å²) in [7, 11) is -4.75. The molecule has 1 rings (SSSR count). The van der Waals surface area contributed by atoms with E-state index in [2.05, 4.69) is 21.2 Å². The number of anilines is 1. The maximum Gasteiger partial charge on any atom is 0.341 e. The summed E-state index contributed by atoms with van der Waals surface area (Å²) in [6, 6.07) is 7.61. The molecule has 1 aromatic carbocycles. The molecule has 0 aromatic heterocycles. The molecule has 6 nitrogen and oxygen atoms in total. The van der Waals surface area contributed by atoms with Crippen LogP contribution in [0.4, 0.5) is 14.5 Å². The Kier molecular flexibility index (Phi) is 5.58. The molecular formula is C12H5BrF2N4O2S. The van der Waals surface area contributed by atoms with Gasteiger partial charge in [0.15, 0.2) is 5.57 Å². The summed E-state index contributed by atoms with van der Waals surface area (Å²) in [6.45, 7) is 0. The topological polar surface area (TPSA) is 118 Å². The standard InChI is InChI=1S/C12H5BrF2N4O2S/c13-9-3-8(22(20,21)12(14)15)1-2-10(9)19-11(6-18)7(4-16)5-17/h1-3,12,19H. The summed E-state index contributed by atoms with van der Waals surface area (Å²) in [5, 5.41) is 28.7. The maximum atomic E-state index is 12.5. The normalized spacial score (nSPS) is 10.2. The third-order valence-electron chi connectivity index (χ3n) is 2.35. The van der Waals surface area contributed by atoms with E-state index in [1.807, 2.05) is 0 Å². The highest BCUT2D eigenvalue weighted by molar-refractivity contribution is 9.10. The third kappa shape index (κ3) is 3.59. The molecule has 0 unspecified atom stereocenters. The van der Waals surface area contributed by atoms with Gasteiger partial charge < -0.3 is 5.32 Å². The Labute approximate surface area is 132 Å². The zero-order valence-corrected chi connectivity index (χ0v) is 12.9. The van der Waals surface area contributed by atoms with Crippen LogP contribution in [0.3, 0.4) is 0 Å². The maximum absolute atomic E-state index is 12.5. The molecule has 0 bridgehead atoms. The van der Waals surface area contributed by atoms with Crippen molar-refractivity contribution < 1.29 is 17.2 Å². The van der Waals surface area contributed by atoms with Gasteiger partial charge in [-0.05, 0) is 34.1 Å². The van der Waals surface area contributed by atoms with Crippen LogP contribution in [0.5, 0.6) is 0 Å². The Morgan fingerprint density at radius 2 is 1.77 bits per heavy atom. The lowest BCUT2D eigenvalue weighted by Gasteiger charge is -2.09. The molecule has 0 aliphatic heterocycles. The molecule has 0 heterocycles. The Bertz CT molecular complexity index is 845. The van der Waals surface area contributed by atoms with Crippen molar-refractivity contribution in [2.24, 2.45) is 0 Å². The Morgan fingerprint density at radius 3 is 2.18 bits per heavy atom. The second-order valence-electron chi connectivity index (χ2n) is 3.66. The number of nitrogens with one attached hydrogen (secondary N) is 1. The van der Waals surface area contributed by atoms with Gasteiger partial charge in [-0.25, -0.2) is 8.42 Å². The predicted molar refractivity (Wildman–Crippen MR) is 74.8 cm³/mol. The summed E-state index contributed by atoms with van der Waals surface area (Å²) >= 11 is 2.97. The number of hydrogen-bond acceptors (Lipinski definition) is 6. The number of alkyl halides is 2. The Hall–Kier alpha value is -2.48. The molecule has 0 fully saturated rings. The lowest BCUT2D eigenvalue weighted by Crippen LogP contribution is -2.11. The first kappa shape index (κ1) is 17.6. The molecule has 0 atom stereocenters. The van der Waals surface area contributed by atoms with Gasteiger partial charge in [0.25, 0.3) is 0 Å². The van der Waals surface area contributed by atoms with Crippen molar-refractivity contribution in [1.82, 2.24) is 0 Å². The van der Waals surface area contributed by atoms with Crippen LogP contribution in [0.1, 0.15) is 0 Å². The number of benzene rings is 1. The summed E-state index contributed by atoms with van der Waals surface area (Å²) in [5.41, 5.74) is -0.693. The van der Waals surface area contributed by atoms with Gasteiger partial charge in [-0.3, -0.25) is 0 Å². The second-order valence-corrected chi connectivity index (χ2v) is 6.43. The minimum Gasteiger partial charge on any atom is -0.344 e. The van der Waals surface area contributed by atoms with Crippen molar-refractivity contribution in [1.29, 1.82) is 15.8 Å². The quantitative estimate of drug-likeness (QED) is 0.794. The predicted octanol–water partition coefficient (Wildman–Crippen LogP) is 2.68. The molecule has 0 aliphatic rings. The number of allylic oxidation sites excluding steroid dienone is 2. The molecule has 0 amide bonds. The molecule has 112 valence electrons. The average molecular weight is 387 g/mol. The van der Waals surface area contributed by atoms with E-state index in [0.29, 0.717) is 0 Å². The second kappa shape index (κ2) is 6.99. The first-order valence-corrected chi connectivity index (χ1v) is 7.65. The van der Waals surface area contributed by atoms with E-state index in [1.165, 1.54) is 12.1 Å². The summed E-state index contributed by atoms with van der Waals surface area (Å²) in [5.74, 6) is -3.56.